The van der Waals surface area contributed by atoms with Gasteiger partial charge in [-0.1, -0.05) is 112 Å². The fourth-order valence-corrected chi connectivity index (χ4v) is 15.5. The van der Waals surface area contributed by atoms with Crippen molar-refractivity contribution in [1.82, 2.24) is 0 Å². The number of hydrogen-bond acceptors (Lipinski definition) is 10. The maximum atomic E-state index is 14.6. The number of phenols is 1. The van der Waals surface area contributed by atoms with E-state index in [1.165, 1.54) is 104 Å². The fraction of sp³-hybridized carbons (Fsp3) is 0.229. The number of hydrogen-bond donors (Lipinski definition) is 1. The first-order valence-corrected chi connectivity index (χ1v) is 30.0. The maximum Gasteiger partial charge on any atom is 0.266 e. The molecule has 2 atom stereocenters. The molecule has 83 heavy (non-hydrogen) atoms. The molecule has 8 aromatic rings. The number of amides is 4. The summed E-state index contributed by atoms with van der Waals surface area (Å²) in [6, 6.07) is 50.4. The lowest BCUT2D eigenvalue weighted by atomic mass is 9.59. The minimum absolute atomic E-state index is 0.00789. The molecule has 2 unspecified atom stereocenters. The molecule has 0 aromatic heterocycles. The molecular formula is C70H58N2O10S. The monoisotopic (exact) mass is 1120 g/mol. The van der Waals surface area contributed by atoms with Crippen LogP contribution in [0.2, 0.25) is 0 Å². The minimum Gasteiger partial charge on any atom is -0.508 e. The van der Waals surface area contributed by atoms with Crippen LogP contribution in [0.5, 0.6) is 17.2 Å². The van der Waals surface area contributed by atoms with Gasteiger partial charge in [-0.05, 0) is 181 Å². The highest BCUT2D eigenvalue weighted by molar-refractivity contribution is 7.91. The first-order chi connectivity index (χ1) is 40.1. The van der Waals surface area contributed by atoms with Crippen LogP contribution in [0.25, 0.3) is 0 Å². The van der Waals surface area contributed by atoms with Gasteiger partial charge in [0.05, 0.1) is 43.4 Å². The van der Waals surface area contributed by atoms with Crippen molar-refractivity contribution in [2.24, 2.45) is 11.8 Å². The average Bonchev–Trinajstić information content (AvgIpc) is 3.50. The van der Waals surface area contributed by atoms with Gasteiger partial charge in [0.25, 0.3) is 23.6 Å². The van der Waals surface area contributed by atoms with E-state index in [9.17, 15) is 42.3 Å². The van der Waals surface area contributed by atoms with Crippen LogP contribution in [-0.4, -0.2) is 48.7 Å². The number of phenolic OH excluding ortho intramolecular Hbond substituents is 1. The van der Waals surface area contributed by atoms with Gasteiger partial charge in [0, 0.05) is 27.7 Å². The average molecular weight is 1120 g/mol. The molecule has 0 bridgehead atoms. The van der Waals surface area contributed by atoms with Crippen molar-refractivity contribution in [3.05, 3.63) is 243 Å². The second-order valence-electron chi connectivity index (χ2n) is 23.0. The summed E-state index contributed by atoms with van der Waals surface area (Å²) < 4.78 is 34.3. The molecular weight excluding hydrogens is 1060 g/mol. The summed E-state index contributed by atoms with van der Waals surface area (Å²) in [6.07, 6.45) is 12.8. The van der Waals surface area contributed by atoms with Crippen LogP contribution in [0, 0.1) is 11.8 Å². The molecule has 2 heterocycles. The number of aromatic hydroxyl groups is 1. The second kappa shape index (κ2) is 20.7. The number of imide groups is 2. The zero-order chi connectivity index (χ0) is 57.4. The quantitative estimate of drug-likeness (QED) is 0.0865. The van der Waals surface area contributed by atoms with Crippen molar-refractivity contribution >= 4 is 56.4 Å². The Bertz CT molecular complexity index is 4090. The molecule has 0 radical (unpaired) electrons. The molecule has 1 N–H and O–H groups in total. The van der Waals surface area contributed by atoms with E-state index in [0.717, 1.165) is 54.0 Å². The van der Waals surface area contributed by atoms with Gasteiger partial charge in [-0.15, -0.1) is 0 Å². The lowest BCUT2D eigenvalue weighted by Crippen LogP contribution is -2.40. The van der Waals surface area contributed by atoms with Crippen molar-refractivity contribution in [2.75, 3.05) is 9.80 Å². The summed E-state index contributed by atoms with van der Waals surface area (Å²) >= 11 is 0. The first kappa shape index (κ1) is 53.3. The summed E-state index contributed by atoms with van der Waals surface area (Å²) in [5, 5.41) is 9.70. The first-order valence-electron chi connectivity index (χ1n) is 28.5. The van der Waals surface area contributed by atoms with Gasteiger partial charge in [0.15, 0.2) is 11.6 Å². The molecule has 2 aliphatic heterocycles. The molecule has 414 valence electrons. The maximum absolute atomic E-state index is 14.6. The summed E-state index contributed by atoms with van der Waals surface area (Å²) in [5.41, 5.74) is 6.13. The van der Waals surface area contributed by atoms with E-state index in [-0.39, 0.29) is 71.6 Å². The van der Waals surface area contributed by atoms with E-state index in [0.29, 0.717) is 45.6 Å². The molecule has 8 aromatic carbocycles. The van der Waals surface area contributed by atoms with E-state index in [2.05, 4.69) is 31.2 Å². The van der Waals surface area contributed by atoms with Gasteiger partial charge >= 0.3 is 0 Å². The van der Waals surface area contributed by atoms with Gasteiger partial charge in [-0.25, -0.2) is 18.2 Å². The van der Waals surface area contributed by atoms with Crippen LogP contribution in [0.4, 0.5) is 11.4 Å². The highest BCUT2D eigenvalue weighted by Gasteiger charge is 2.57. The van der Waals surface area contributed by atoms with Crippen molar-refractivity contribution in [3.63, 3.8) is 0 Å². The molecule has 5 aliphatic rings. The second-order valence-corrected chi connectivity index (χ2v) is 25.0. The number of ketones is 2. The number of nitrogens with zero attached hydrogens (tertiary/aromatic N) is 2. The molecule has 3 aliphatic carbocycles. The molecule has 13 heteroatoms. The molecule has 0 saturated heterocycles. The van der Waals surface area contributed by atoms with Crippen LogP contribution in [0.3, 0.4) is 0 Å². The van der Waals surface area contributed by atoms with Crippen LogP contribution < -0.4 is 14.5 Å². The highest BCUT2D eigenvalue weighted by Crippen LogP contribution is 2.63. The van der Waals surface area contributed by atoms with Crippen LogP contribution in [0.1, 0.15) is 168 Å². The van der Waals surface area contributed by atoms with Crippen LogP contribution >= 0.6 is 0 Å². The van der Waals surface area contributed by atoms with Crippen molar-refractivity contribution in [1.29, 1.82) is 0 Å². The summed E-state index contributed by atoms with van der Waals surface area (Å²) in [4.78, 5) is 83.8. The van der Waals surface area contributed by atoms with E-state index in [1.54, 1.807) is 48.5 Å². The summed E-state index contributed by atoms with van der Waals surface area (Å²) in [6.45, 7) is 2.46. The number of benzene rings is 8. The number of carbonyl (C=O) groups is 6. The van der Waals surface area contributed by atoms with E-state index in [1.807, 2.05) is 48.5 Å². The highest BCUT2D eigenvalue weighted by atomic mass is 32.2. The van der Waals surface area contributed by atoms with Crippen LogP contribution in [0.15, 0.2) is 192 Å². The number of carbonyl (C=O) groups excluding carboxylic acids is 6. The van der Waals surface area contributed by atoms with Gasteiger partial charge in [-0.2, -0.15) is 0 Å². The Labute approximate surface area is 481 Å². The Hall–Kier alpha value is -9.07. The van der Waals surface area contributed by atoms with Gasteiger partial charge in [0.1, 0.15) is 17.2 Å². The van der Waals surface area contributed by atoms with Crippen molar-refractivity contribution in [3.8, 4) is 17.2 Å². The molecule has 0 spiro atoms. The number of ether oxygens (including phenoxy) is 1. The van der Waals surface area contributed by atoms with Gasteiger partial charge < -0.3 is 9.84 Å². The summed E-state index contributed by atoms with van der Waals surface area (Å²) in [5.74, 6) is -1.13. The Morgan fingerprint density at radius 3 is 1.46 bits per heavy atom. The third kappa shape index (κ3) is 9.00. The Kier molecular flexibility index (Phi) is 13.3. The summed E-state index contributed by atoms with van der Waals surface area (Å²) in [7, 11) is -4.37. The molecule has 12 nitrogen and oxygen atoms in total. The van der Waals surface area contributed by atoms with Crippen LogP contribution in [-0.2, 0) is 20.7 Å². The predicted molar refractivity (Wildman–Crippen MR) is 314 cm³/mol. The molecule has 4 amide bonds. The standard InChI is InChI=1S/C70H58N2O10S/c1-69(47-13-7-3-8-14-47)42-70(48-15-9-4-10-16-48,49-22-17-44(18-23-49)63(74)43-11-5-2-6-12-43)61-38-21-46(39-62(61)69)64(75)45-19-30-53(31-20-45)82-54-32-26-51(27-33-54)72-66(77)58-37-35-56(41-60(58)68(72)79)83(80,81)55-34-36-57-59(40-55)67(78)71(65(57)76)50-24-28-52(73)29-25-50/h2,5-6,11-12,17-41,47-48,73H,3-4,7-10,13-16,42H2,1H3. The van der Waals surface area contributed by atoms with Gasteiger partial charge in [-0.3, -0.25) is 28.8 Å². The Balaban J connectivity index is 0.719. The largest absolute Gasteiger partial charge is 0.508 e. The zero-order valence-electron chi connectivity index (χ0n) is 45.7. The lowest BCUT2D eigenvalue weighted by molar-refractivity contribution is 0.0910. The number of sulfone groups is 1. The van der Waals surface area contributed by atoms with E-state index in [4.69, 9.17) is 4.74 Å². The number of fused-ring (bicyclic) bond motifs is 3. The Morgan fingerprint density at radius 1 is 0.470 bits per heavy atom. The number of anilines is 2. The molecule has 2 fully saturated rings. The smallest absolute Gasteiger partial charge is 0.266 e. The van der Waals surface area contributed by atoms with Crippen molar-refractivity contribution in [2.45, 2.75) is 98.2 Å². The topological polar surface area (TPSA) is 172 Å². The molecule has 2 saturated carbocycles. The minimum atomic E-state index is -4.37. The predicted octanol–water partition coefficient (Wildman–Crippen LogP) is 14.2. The van der Waals surface area contributed by atoms with E-state index >= 15 is 0 Å². The Morgan fingerprint density at radius 2 is 0.916 bits per heavy atom. The zero-order valence-corrected chi connectivity index (χ0v) is 46.5. The van der Waals surface area contributed by atoms with E-state index < -0.39 is 33.5 Å². The van der Waals surface area contributed by atoms with Crippen molar-refractivity contribution < 1.29 is 47.0 Å². The third-order valence-corrected chi connectivity index (χ3v) is 20.2. The fourth-order valence-electron chi connectivity index (χ4n) is 14.2. The van der Waals surface area contributed by atoms with Gasteiger partial charge in [0.2, 0.25) is 9.84 Å². The normalized spacial score (nSPS) is 19.9. The molecule has 13 rings (SSSR count). The lowest BCUT2D eigenvalue weighted by Gasteiger charge is -2.45. The third-order valence-electron chi connectivity index (χ3n) is 18.4. The number of rotatable bonds is 13. The SMILES string of the molecule is CC1(C2CCCCC2)CC(c2ccc(C(=O)c3ccccc3)cc2)(C2CCCCC2)c2ccc(C(=O)c3ccc(Oc4ccc(N5C(=O)c6ccc(S(=O)(=O)c7ccc8c(c7)C(=O)N(c7ccc(O)cc7)C8=O)cc6C5=O)cc4)cc3)cc21.